The molecule has 0 saturated heterocycles. The summed E-state index contributed by atoms with van der Waals surface area (Å²) >= 11 is 0. The fourth-order valence-electron chi connectivity index (χ4n) is 1.62. The Morgan fingerprint density at radius 1 is 1.38 bits per heavy atom. The second-order valence-corrected chi connectivity index (χ2v) is 4.51. The average Bonchev–Trinajstić information content (AvgIpc) is 2.43. The summed E-state index contributed by atoms with van der Waals surface area (Å²) in [5.74, 6) is -0.0977. The molecule has 9 heteroatoms. The van der Waals surface area contributed by atoms with E-state index in [0.717, 1.165) is 0 Å². The zero-order valence-corrected chi connectivity index (χ0v) is 11.5. The van der Waals surface area contributed by atoms with E-state index >= 15 is 0 Å². The summed E-state index contributed by atoms with van der Waals surface area (Å²) in [4.78, 5) is 24.7. The topological polar surface area (TPSA) is 166 Å². The van der Waals surface area contributed by atoms with Crippen molar-refractivity contribution in [2.45, 2.75) is 18.9 Å². The number of rotatable bonds is 7. The Morgan fingerprint density at radius 2 is 2.00 bits per heavy atom. The molecule has 9 nitrogen and oxygen atoms in total. The van der Waals surface area contributed by atoms with Gasteiger partial charge in [0, 0.05) is 24.2 Å². The van der Waals surface area contributed by atoms with Crippen molar-refractivity contribution in [3.05, 3.63) is 34.4 Å². The normalized spacial score (nSPS) is 11.5. The van der Waals surface area contributed by atoms with Gasteiger partial charge in [0.05, 0.1) is 11.5 Å². The number of nitrogens with zero attached hydrogens (tertiary/aromatic N) is 1. The number of amides is 1. The van der Waals surface area contributed by atoms with E-state index in [1.165, 1.54) is 24.3 Å². The van der Waals surface area contributed by atoms with Gasteiger partial charge in [0.15, 0.2) is 6.04 Å². The zero-order valence-electron chi connectivity index (χ0n) is 11.5. The monoisotopic (exact) mass is 296 g/mol. The Bertz CT molecular complexity index is 524. The number of guanidine groups is 1. The molecule has 0 spiro atoms. The fraction of sp³-hybridized carbons (Fsp3) is 0.333. The van der Waals surface area contributed by atoms with Crippen LogP contribution in [0.25, 0.3) is 0 Å². The highest BCUT2D eigenvalue weighted by molar-refractivity contribution is 5.93. The number of anilines is 1. The highest BCUT2D eigenvalue weighted by atomic mass is 16.6. The van der Waals surface area contributed by atoms with E-state index < -0.39 is 11.0 Å². The van der Waals surface area contributed by atoms with Crippen LogP contribution in [-0.4, -0.2) is 29.4 Å². The number of nitrogens with two attached hydrogens (primary N) is 2. The first-order valence-corrected chi connectivity index (χ1v) is 6.40. The SMILES string of the molecule is NC(N)=[NH+]CCC[C@H]([NH3+])C(=O)Nc1ccc([N+](=O)[O-])cc1. The van der Waals surface area contributed by atoms with Gasteiger partial charge in [-0.05, 0) is 18.6 Å². The Hall–Kier alpha value is -2.68. The molecular formula is C12H20N6O3+2. The van der Waals surface area contributed by atoms with Crippen molar-refractivity contribution in [3.63, 3.8) is 0 Å². The molecule has 0 aliphatic heterocycles. The number of nitro benzene ring substituents is 1. The minimum absolute atomic E-state index is 0.0270. The van der Waals surface area contributed by atoms with Gasteiger partial charge in [-0.25, -0.2) is 0 Å². The third-order valence-corrected chi connectivity index (χ3v) is 2.77. The van der Waals surface area contributed by atoms with E-state index in [1.54, 1.807) is 0 Å². The number of carbonyl (C=O) groups is 1. The summed E-state index contributed by atoms with van der Waals surface area (Å²) in [5, 5.41) is 13.2. The van der Waals surface area contributed by atoms with Gasteiger partial charge in [0.25, 0.3) is 11.6 Å². The largest absolute Gasteiger partial charge is 0.347 e. The molecule has 0 aromatic heterocycles. The van der Waals surface area contributed by atoms with Gasteiger partial charge >= 0.3 is 5.96 Å². The van der Waals surface area contributed by atoms with Crippen molar-refractivity contribution in [1.29, 1.82) is 0 Å². The number of non-ortho nitro benzene ring substituents is 1. The first-order valence-electron chi connectivity index (χ1n) is 6.40. The predicted molar refractivity (Wildman–Crippen MR) is 76.8 cm³/mol. The second-order valence-electron chi connectivity index (χ2n) is 4.51. The van der Waals surface area contributed by atoms with Gasteiger partial charge in [-0.3, -0.25) is 31.4 Å². The maximum absolute atomic E-state index is 11.9. The van der Waals surface area contributed by atoms with Crippen molar-refractivity contribution in [1.82, 2.24) is 0 Å². The van der Waals surface area contributed by atoms with Gasteiger partial charge < -0.3 is 11.1 Å². The van der Waals surface area contributed by atoms with E-state index in [2.05, 4.69) is 16.0 Å². The van der Waals surface area contributed by atoms with Crippen LogP contribution in [0.5, 0.6) is 0 Å². The van der Waals surface area contributed by atoms with Crippen LogP contribution in [0.15, 0.2) is 24.3 Å². The molecule has 1 amide bonds. The van der Waals surface area contributed by atoms with Crippen LogP contribution in [0.2, 0.25) is 0 Å². The van der Waals surface area contributed by atoms with Crippen LogP contribution < -0.4 is 27.5 Å². The lowest BCUT2D eigenvalue weighted by atomic mass is 10.1. The molecule has 1 aromatic carbocycles. The van der Waals surface area contributed by atoms with Gasteiger partial charge in [-0.15, -0.1) is 0 Å². The van der Waals surface area contributed by atoms with Crippen molar-refractivity contribution < 1.29 is 20.4 Å². The van der Waals surface area contributed by atoms with Gasteiger partial charge in [-0.2, -0.15) is 0 Å². The first kappa shape index (κ1) is 16.4. The molecule has 21 heavy (non-hydrogen) atoms. The average molecular weight is 296 g/mol. The molecule has 0 radical (unpaired) electrons. The van der Waals surface area contributed by atoms with Crippen molar-refractivity contribution in [3.8, 4) is 0 Å². The lowest BCUT2D eigenvalue weighted by molar-refractivity contribution is -0.463. The molecule has 1 rings (SSSR count). The summed E-state index contributed by atoms with van der Waals surface area (Å²) in [7, 11) is 0. The molecule has 0 heterocycles. The summed E-state index contributed by atoms with van der Waals surface area (Å²) in [6.07, 6.45) is 1.26. The van der Waals surface area contributed by atoms with Crippen LogP contribution in [0, 0.1) is 10.1 Å². The summed E-state index contributed by atoms with van der Waals surface area (Å²) in [5.41, 5.74) is 14.7. The number of nitro groups is 1. The lowest BCUT2D eigenvalue weighted by Gasteiger charge is -2.08. The number of carbonyl (C=O) groups excluding carboxylic acids is 1. The van der Waals surface area contributed by atoms with Gasteiger partial charge in [0.1, 0.15) is 0 Å². The Labute approximate surface area is 121 Å². The molecule has 9 N–H and O–H groups in total. The molecular weight excluding hydrogens is 276 g/mol. The minimum Gasteiger partial charge on any atom is -0.347 e. The van der Waals surface area contributed by atoms with Crippen molar-refractivity contribution >= 4 is 23.2 Å². The molecule has 0 aliphatic rings. The number of quaternary nitrogens is 1. The Kier molecular flexibility index (Phi) is 6.08. The molecule has 114 valence electrons. The molecule has 0 unspecified atom stereocenters. The second kappa shape index (κ2) is 7.80. The first-order chi connectivity index (χ1) is 9.90. The van der Waals surface area contributed by atoms with E-state index in [0.29, 0.717) is 25.1 Å². The van der Waals surface area contributed by atoms with Gasteiger partial charge in [0.2, 0.25) is 0 Å². The summed E-state index contributed by atoms with van der Waals surface area (Å²) in [6.45, 7) is 0.569. The number of nitrogens with one attached hydrogen (secondary N) is 2. The third-order valence-electron chi connectivity index (χ3n) is 2.77. The smallest absolute Gasteiger partial charge is 0.338 e. The third kappa shape index (κ3) is 5.87. The van der Waals surface area contributed by atoms with Crippen molar-refractivity contribution in [2.24, 2.45) is 11.5 Å². The fourth-order valence-corrected chi connectivity index (χ4v) is 1.62. The number of hydrogen-bond acceptors (Lipinski definition) is 3. The Morgan fingerprint density at radius 3 is 2.52 bits per heavy atom. The minimum atomic E-state index is -0.497. The standard InChI is InChI=1S/C12H18N6O3/c13-10(2-1-7-16-12(14)15)11(19)17-8-3-5-9(6-4-8)18(20)21/h3-6,10H,1-2,7,13H2,(H,17,19)(H4,14,15,16)/p+2/t10-/m0/s1. The van der Waals surface area contributed by atoms with E-state index in [1.807, 2.05) is 0 Å². The zero-order chi connectivity index (χ0) is 15.8. The van der Waals surface area contributed by atoms with Crippen molar-refractivity contribution in [2.75, 3.05) is 11.9 Å². The lowest BCUT2D eigenvalue weighted by Crippen LogP contribution is -2.78. The van der Waals surface area contributed by atoms with Crippen LogP contribution in [0.4, 0.5) is 11.4 Å². The van der Waals surface area contributed by atoms with Crippen LogP contribution in [0.1, 0.15) is 12.8 Å². The highest BCUT2D eigenvalue weighted by Gasteiger charge is 2.17. The molecule has 0 bridgehead atoms. The number of hydrogen-bond donors (Lipinski definition) is 5. The molecule has 1 atom stereocenters. The van der Waals surface area contributed by atoms with Crippen LogP contribution >= 0.6 is 0 Å². The quantitative estimate of drug-likeness (QED) is 0.121. The van der Waals surface area contributed by atoms with Crippen LogP contribution in [0.3, 0.4) is 0 Å². The predicted octanol–water partition coefficient (Wildman–Crippen LogP) is -2.72. The molecule has 1 aromatic rings. The summed E-state index contributed by atoms with van der Waals surface area (Å²) in [6, 6.07) is 5.19. The van der Waals surface area contributed by atoms with E-state index in [-0.39, 0.29) is 17.6 Å². The maximum atomic E-state index is 11.9. The summed E-state index contributed by atoms with van der Waals surface area (Å²) < 4.78 is 0. The molecule has 0 fully saturated rings. The highest BCUT2D eigenvalue weighted by Crippen LogP contribution is 2.15. The molecule has 0 saturated carbocycles. The van der Waals surface area contributed by atoms with Crippen LogP contribution in [-0.2, 0) is 4.79 Å². The molecule has 0 aliphatic carbocycles. The van der Waals surface area contributed by atoms with Gasteiger partial charge in [-0.1, -0.05) is 0 Å². The Balaban J connectivity index is 2.44. The number of benzene rings is 1. The van der Waals surface area contributed by atoms with E-state index in [9.17, 15) is 14.9 Å². The van der Waals surface area contributed by atoms with E-state index in [4.69, 9.17) is 11.5 Å². The maximum Gasteiger partial charge on any atom is 0.338 e.